The maximum Gasteiger partial charge on any atom is 0.217 e. The SMILES string of the molecule is O=S([O-])NCc1ccc2ncn(-c3nc4ccc(F)c(F)c4n3C3CC3)c2c1. The Bertz CT molecular complexity index is 1250. The lowest BCUT2D eigenvalue weighted by molar-refractivity contribution is 0.511. The molecule has 1 aliphatic rings. The molecule has 2 aromatic heterocycles. The zero-order valence-electron chi connectivity index (χ0n) is 14.4. The van der Waals surface area contributed by atoms with Crippen molar-refractivity contribution < 1.29 is 17.5 Å². The first-order valence-electron chi connectivity index (χ1n) is 8.68. The normalized spacial score (nSPS) is 15.5. The molecule has 10 heteroatoms. The molecule has 1 saturated carbocycles. The van der Waals surface area contributed by atoms with E-state index in [0.29, 0.717) is 22.5 Å². The number of imidazole rings is 2. The predicted octanol–water partition coefficient (Wildman–Crippen LogP) is 2.87. The van der Waals surface area contributed by atoms with Crippen LogP contribution in [0.5, 0.6) is 0 Å². The summed E-state index contributed by atoms with van der Waals surface area (Å²) in [6.07, 6.45) is 3.32. The molecule has 0 saturated heterocycles. The number of aromatic nitrogens is 4. The number of hydrogen-bond acceptors (Lipinski definition) is 4. The second kappa shape index (κ2) is 6.43. The molecule has 28 heavy (non-hydrogen) atoms. The number of rotatable bonds is 5. The molecule has 1 fully saturated rings. The summed E-state index contributed by atoms with van der Waals surface area (Å²) in [4.78, 5) is 8.90. The number of halogens is 2. The van der Waals surface area contributed by atoms with Crippen molar-refractivity contribution in [2.24, 2.45) is 0 Å². The van der Waals surface area contributed by atoms with E-state index in [1.807, 2.05) is 0 Å². The van der Waals surface area contributed by atoms with Gasteiger partial charge >= 0.3 is 0 Å². The van der Waals surface area contributed by atoms with Gasteiger partial charge in [-0.1, -0.05) is 6.07 Å². The van der Waals surface area contributed by atoms with Crippen molar-refractivity contribution in [3.05, 3.63) is 53.9 Å². The monoisotopic (exact) mass is 402 g/mol. The number of benzene rings is 2. The summed E-state index contributed by atoms with van der Waals surface area (Å²) in [7, 11) is 0. The van der Waals surface area contributed by atoms with Gasteiger partial charge in [0.05, 0.1) is 16.6 Å². The van der Waals surface area contributed by atoms with Crippen molar-refractivity contribution in [1.29, 1.82) is 0 Å². The Hall–Kier alpha value is -2.69. The van der Waals surface area contributed by atoms with E-state index in [1.165, 1.54) is 6.07 Å². The van der Waals surface area contributed by atoms with Crippen LogP contribution in [0.4, 0.5) is 8.78 Å². The zero-order valence-corrected chi connectivity index (χ0v) is 15.2. The summed E-state index contributed by atoms with van der Waals surface area (Å²) >= 11 is -2.36. The van der Waals surface area contributed by atoms with E-state index in [1.54, 1.807) is 33.7 Å². The van der Waals surface area contributed by atoms with E-state index in [-0.39, 0.29) is 18.1 Å². The van der Waals surface area contributed by atoms with Gasteiger partial charge in [0.15, 0.2) is 11.6 Å². The first-order valence-corrected chi connectivity index (χ1v) is 9.75. The summed E-state index contributed by atoms with van der Waals surface area (Å²) in [5.74, 6) is -1.35. The summed E-state index contributed by atoms with van der Waals surface area (Å²) in [6, 6.07) is 7.95. The molecular formula is C18H14F2N5O2S-. The van der Waals surface area contributed by atoms with Gasteiger partial charge < -0.3 is 9.12 Å². The van der Waals surface area contributed by atoms with Crippen LogP contribution in [0, 0.1) is 11.6 Å². The summed E-state index contributed by atoms with van der Waals surface area (Å²) in [5.41, 5.74) is 2.66. The topological polar surface area (TPSA) is 87.8 Å². The highest BCUT2D eigenvalue weighted by Crippen LogP contribution is 2.41. The van der Waals surface area contributed by atoms with Crippen LogP contribution >= 0.6 is 0 Å². The smallest absolute Gasteiger partial charge is 0.217 e. The number of hydrogen-bond donors (Lipinski definition) is 1. The molecule has 2 aromatic carbocycles. The van der Waals surface area contributed by atoms with Gasteiger partial charge in [-0.15, -0.1) is 0 Å². The zero-order chi connectivity index (χ0) is 19.4. The van der Waals surface area contributed by atoms with E-state index in [9.17, 15) is 17.5 Å². The van der Waals surface area contributed by atoms with Crippen LogP contribution in [-0.2, 0) is 17.8 Å². The van der Waals surface area contributed by atoms with Gasteiger partial charge in [-0.05, 0) is 42.7 Å². The fraction of sp³-hybridized carbons (Fsp3) is 0.222. The van der Waals surface area contributed by atoms with E-state index in [4.69, 9.17) is 0 Å². The molecule has 2 heterocycles. The quantitative estimate of drug-likeness (QED) is 0.520. The Labute approximate surface area is 160 Å². The maximum atomic E-state index is 14.5. The van der Waals surface area contributed by atoms with Gasteiger partial charge in [0.2, 0.25) is 5.95 Å². The average Bonchev–Trinajstić information content (AvgIpc) is 3.31. The molecule has 0 amide bonds. The van der Waals surface area contributed by atoms with E-state index in [0.717, 1.165) is 24.5 Å². The molecule has 5 rings (SSSR count). The van der Waals surface area contributed by atoms with Crippen LogP contribution in [0.2, 0.25) is 0 Å². The Morgan fingerprint density at radius 1 is 1.21 bits per heavy atom. The molecule has 1 aliphatic carbocycles. The second-order valence-electron chi connectivity index (χ2n) is 6.74. The lowest BCUT2D eigenvalue weighted by Gasteiger charge is -2.10. The third kappa shape index (κ3) is 2.81. The first-order chi connectivity index (χ1) is 13.5. The van der Waals surface area contributed by atoms with Crippen LogP contribution in [0.3, 0.4) is 0 Å². The van der Waals surface area contributed by atoms with Crippen LogP contribution < -0.4 is 4.72 Å². The number of nitrogens with zero attached hydrogens (tertiary/aromatic N) is 4. The number of fused-ring (bicyclic) bond motifs is 2. The molecule has 4 aromatic rings. The largest absolute Gasteiger partial charge is 0.760 e. The number of nitrogens with one attached hydrogen (secondary N) is 1. The highest BCUT2D eigenvalue weighted by atomic mass is 32.2. The van der Waals surface area contributed by atoms with E-state index >= 15 is 0 Å². The first kappa shape index (κ1) is 17.4. The maximum absolute atomic E-state index is 14.5. The minimum atomic E-state index is -2.36. The molecule has 0 aliphatic heterocycles. The van der Waals surface area contributed by atoms with Crippen molar-refractivity contribution in [1.82, 2.24) is 23.8 Å². The fourth-order valence-corrected chi connectivity index (χ4v) is 3.71. The van der Waals surface area contributed by atoms with E-state index in [2.05, 4.69) is 14.7 Å². The van der Waals surface area contributed by atoms with Gasteiger partial charge in [0.1, 0.15) is 11.8 Å². The third-order valence-corrected chi connectivity index (χ3v) is 5.24. The van der Waals surface area contributed by atoms with Crippen LogP contribution in [0.25, 0.3) is 28.0 Å². The Kier molecular flexibility index (Phi) is 4.00. The van der Waals surface area contributed by atoms with Crippen molar-refractivity contribution in [3.8, 4) is 5.95 Å². The summed E-state index contributed by atoms with van der Waals surface area (Å²) in [5, 5.41) is 0. The third-order valence-electron chi connectivity index (χ3n) is 4.86. The van der Waals surface area contributed by atoms with Crippen LogP contribution in [0.1, 0.15) is 24.4 Å². The minimum Gasteiger partial charge on any atom is -0.760 e. The minimum absolute atomic E-state index is 0.0569. The Balaban J connectivity index is 1.71. The predicted molar refractivity (Wildman–Crippen MR) is 98.3 cm³/mol. The van der Waals surface area contributed by atoms with Crippen LogP contribution in [-0.4, -0.2) is 27.9 Å². The molecule has 144 valence electrons. The van der Waals surface area contributed by atoms with Gasteiger partial charge in [0.25, 0.3) is 0 Å². The standard InChI is InChI=1S/C18H15F2N5O2S/c19-12-4-6-14-17(16(12)20)25(11-2-3-11)18(23-14)24-9-21-13-5-1-10(7-15(13)24)8-22-28(26)27/h1,4-7,9,11,22H,2-3,8H2,(H,26,27)/p-1. The summed E-state index contributed by atoms with van der Waals surface area (Å²) in [6.45, 7) is 0.135. The van der Waals surface area contributed by atoms with Gasteiger partial charge in [-0.2, -0.15) is 0 Å². The van der Waals surface area contributed by atoms with Gasteiger partial charge in [0, 0.05) is 23.9 Å². The summed E-state index contributed by atoms with van der Waals surface area (Å²) < 4.78 is 55.6. The highest BCUT2D eigenvalue weighted by molar-refractivity contribution is 7.77. The Morgan fingerprint density at radius 3 is 2.75 bits per heavy atom. The van der Waals surface area contributed by atoms with Crippen molar-refractivity contribution >= 4 is 33.3 Å². The van der Waals surface area contributed by atoms with Gasteiger partial charge in [-0.3, -0.25) is 8.78 Å². The van der Waals surface area contributed by atoms with Crippen molar-refractivity contribution in [3.63, 3.8) is 0 Å². The van der Waals surface area contributed by atoms with Gasteiger partial charge in [-0.25, -0.2) is 23.5 Å². The highest BCUT2D eigenvalue weighted by Gasteiger charge is 2.31. The average molecular weight is 402 g/mol. The lowest BCUT2D eigenvalue weighted by atomic mass is 10.2. The van der Waals surface area contributed by atoms with Crippen molar-refractivity contribution in [2.45, 2.75) is 25.4 Å². The molecular weight excluding hydrogens is 388 g/mol. The Morgan fingerprint density at radius 2 is 2.00 bits per heavy atom. The van der Waals surface area contributed by atoms with Crippen molar-refractivity contribution in [2.75, 3.05) is 0 Å². The van der Waals surface area contributed by atoms with E-state index < -0.39 is 22.9 Å². The lowest BCUT2D eigenvalue weighted by Crippen LogP contribution is -2.15. The molecule has 1 atom stereocenters. The molecule has 0 spiro atoms. The molecule has 1 unspecified atom stereocenters. The fourth-order valence-electron chi connectivity index (χ4n) is 3.42. The molecule has 0 bridgehead atoms. The molecule has 1 N–H and O–H groups in total. The molecule has 0 radical (unpaired) electrons. The molecule has 7 nitrogen and oxygen atoms in total. The van der Waals surface area contributed by atoms with Crippen LogP contribution in [0.15, 0.2) is 36.7 Å². The second-order valence-corrected chi connectivity index (χ2v) is 7.49.